The molecule has 5 aliphatic rings. The summed E-state index contributed by atoms with van der Waals surface area (Å²) in [5, 5.41) is 0. The number of rotatable bonds is 2. The van der Waals surface area contributed by atoms with Crippen molar-refractivity contribution in [2.45, 2.75) is 27.3 Å². The van der Waals surface area contributed by atoms with Gasteiger partial charge >= 0.3 is 0 Å². The number of benzene rings is 1. The maximum absolute atomic E-state index is 12.9. The fourth-order valence-electron chi connectivity index (χ4n) is 5.35. The van der Waals surface area contributed by atoms with Gasteiger partial charge in [0.05, 0.1) is 14.0 Å². The lowest BCUT2D eigenvalue weighted by Crippen LogP contribution is -2.45. The van der Waals surface area contributed by atoms with Gasteiger partial charge in [0.1, 0.15) is 0 Å². The molecule has 0 N–H and O–H groups in total. The lowest BCUT2D eigenvalue weighted by Gasteiger charge is -2.31. The Morgan fingerprint density at radius 1 is 1.17 bits per heavy atom. The molecule has 0 spiro atoms. The van der Waals surface area contributed by atoms with Crippen molar-refractivity contribution in [3.63, 3.8) is 0 Å². The van der Waals surface area contributed by atoms with Gasteiger partial charge in [-0.15, -0.1) is 0 Å². The fraction of sp³-hybridized carbons (Fsp3) is 0.571. The Morgan fingerprint density at radius 2 is 1.83 bits per heavy atom. The number of hydrogen-bond acceptors (Lipinski definition) is 2. The Hall–Kier alpha value is -0.350. The average molecular weight is 325 g/mol. The molecule has 0 saturated heterocycles. The number of alkyl halides is 1. The lowest BCUT2D eigenvalue weighted by molar-refractivity contribution is 0.469. The van der Waals surface area contributed by atoms with Crippen LogP contribution in [-0.4, -0.2) is 17.5 Å². The van der Waals surface area contributed by atoms with Gasteiger partial charge in [0.2, 0.25) is 0 Å². The van der Waals surface area contributed by atoms with Crippen molar-refractivity contribution in [2.75, 3.05) is 0 Å². The van der Waals surface area contributed by atoms with Crippen LogP contribution in [-0.2, 0) is 9.84 Å². The van der Waals surface area contributed by atoms with Crippen molar-refractivity contribution in [3.8, 4) is 0 Å². The summed E-state index contributed by atoms with van der Waals surface area (Å²) in [6.45, 7) is 1.98. The molecule has 5 saturated carbocycles. The highest BCUT2D eigenvalue weighted by atomic mass is 79.9. The molecule has 4 heteroatoms. The Balaban J connectivity index is 1.68. The molecule has 1 aromatic carbocycles. The third-order valence-electron chi connectivity index (χ3n) is 5.99. The van der Waals surface area contributed by atoms with Crippen LogP contribution in [0.15, 0.2) is 29.2 Å². The molecule has 2 bridgehead atoms. The van der Waals surface area contributed by atoms with Crippen molar-refractivity contribution < 1.29 is 8.42 Å². The maximum atomic E-state index is 12.9. The minimum Gasteiger partial charge on any atom is -0.223 e. The van der Waals surface area contributed by atoms with Crippen LogP contribution in [0.4, 0.5) is 0 Å². The average Bonchev–Trinajstić information content (AvgIpc) is 2.94. The molecule has 1 aromatic rings. The zero-order valence-corrected chi connectivity index (χ0v) is 12.3. The van der Waals surface area contributed by atoms with Crippen LogP contribution < -0.4 is 0 Å². The molecule has 5 fully saturated rings. The summed E-state index contributed by atoms with van der Waals surface area (Å²) in [6.07, 6.45) is 1.13. The van der Waals surface area contributed by atoms with Crippen molar-refractivity contribution >= 4 is 25.8 Å². The van der Waals surface area contributed by atoms with Crippen LogP contribution >= 0.6 is 15.9 Å². The van der Waals surface area contributed by atoms with E-state index in [2.05, 4.69) is 15.9 Å². The van der Waals surface area contributed by atoms with E-state index in [9.17, 15) is 8.42 Å². The van der Waals surface area contributed by atoms with E-state index < -0.39 is 14.6 Å². The predicted molar refractivity (Wildman–Crippen MR) is 71.3 cm³/mol. The monoisotopic (exact) mass is 324 g/mol. The fourth-order valence-corrected chi connectivity index (χ4v) is 10.3. The zero-order chi connectivity index (χ0) is 12.5. The van der Waals surface area contributed by atoms with E-state index in [1.165, 1.54) is 0 Å². The summed E-state index contributed by atoms with van der Waals surface area (Å²) >= 11 is 3.78. The summed E-state index contributed by atoms with van der Waals surface area (Å²) in [7, 11) is -3.16. The summed E-state index contributed by atoms with van der Waals surface area (Å²) in [5.41, 5.74) is 1.11. The first-order chi connectivity index (χ1) is 8.47. The maximum Gasteiger partial charge on any atom is 0.186 e. The molecule has 6 unspecified atom stereocenters. The van der Waals surface area contributed by atoms with Crippen molar-refractivity contribution in [1.29, 1.82) is 0 Å². The minimum absolute atomic E-state index is 0.0426. The van der Waals surface area contributed by atoms with E-state index in [0.717, 1.165) is 12.0 Å². The minimum atomic E-state index is -3.16. The molecule has 5 aliphatic carbocycles. The van der Waals surface area contributed by atoms with Gasteiger partial charge in [-0.25, -0.2) is 8.42 Å². The molecule has 94 valence electrons. The van der Waals surface area contributed by atoms with Gasteiger partial charge in [-0.3, -0.25) is 0 Å². The topological polar surface area (TPSA) is 34.1 Å². The number of aryl methyl sites for hydroxylation is 1. The van der Waals surface area contributed by atoms with Gasteiger partial charge < -0.3 is 0 Å². The van der Waals surface area contributed by atoms with E-state index in [4.69, 9.17) is 0 Å². The molecule has 0 radical (unpaired) electrons. The van der Waals surface area contributed by atoms with Crippen LogP contribution in [0.5, 0.6) is 0 Å². The van der Waals surface area contributed by atoms with Gasteiger partial charge in [0.15, 0.2) is 9.84 Å². The predicted octanol–water partition coefficient (Wildman–Crippen LogP) is 2.55. The van der Waals surface area contributed by atoms with E-state index in [0.29, 0.717) is 28.6 Å². The van der Waals surface area contributed by atoms with Crippen LogP contribution in [0.1, 0.15) is 12.0 Å². The van der Waals surface area contributed by atoms with Gasteiger partial charge in [-0.1, -0.05) is 33.6 Å². The molecule has 6 atom stereocenters. The van der Waals surface area contributed by atoms with Gasteiger partial charge in [-0.2, -0.15) is 0 Å². The highest BCUT2D eigenvalue weighted by Gasteiger charge is 3.07. The van der Waals surface area contributed by atoms with Crippen LogP contribution in [0, 0.1) is 30.6 Å². The van der Waals surface area contributed by atoms with Crippen molar-refractivity contribution in [1.82, 2.24) is 0 Å². The summed E-state index contributed by atoms with van der Waals surface area (Å²) in [4.78, 5) is 0.519. The molecule has 6 rings (SSSR count). The summed E-state index contributed by atoms with van der Waals surface area (Å²) in [5.74, 6) is 2.22. The molecule has 0 amide bonds. The standard InChI is InChI=1S/C14H13BrO2S/c1-7-2-4-8(5-3-7)18(16,17)14-10-6-9-11(12(10)14)13(9,14)15/h2-5,9-12H,6H2,1H3. The first kappa shape index (κ1) is 10.4. The molecule has 2 nitrogen and oxygen atoms in total. The summed E-state index contributed by atoms with van der Waals surface area (Å²) in [6, 6.07) is 7.35. The van der Waals surface area contributed by atoms with E-state index in [1.807, 2.05) is 19.1 Å². The molecular weight excluding hydrogens is 312 g/mol. The smallest absolute Gasteiger partial charge is 0.186 e. The Morgan fingerprint density at radius 3 is 2.28 bits per heavy atom. The highest BCUT2D eigenvalue weighted by molar-refractivity contribution is 9.10. The highest BCUT2D eigenvalue weighted by Crippen LogP contribution is 3.01. The summed E-state index contributed by atoms with van der Waals surface area (Å²) < 4.78 is 25.4. The molecular formula is C14H13BrO2S. The SMILES string of the molecule is Cc1ccc(S(=O)(=O)C23C4CC5C(C42)C53Br)cc1. The van der Waals surface area contributed by atoms with Crippen molar-refractivity contribution in [2.24, 2.45) is 23.7 Å². The zero-order valence-electron chi connectivity index (χ0n) is 9.93. The quantitative estimate of drug-likeness (QED) is 0.783. The van der Waals surface area contributed by atoms with Gasteiger partial charge in [-0.05, 0) is 49.1 Å². The number of sulfone groups is 1. The molecule has 18 heavy (non-hydrogen) atoms. The normalized spacial score (nSPS) is 53.7. The Kier molecular flexibility index (Phi) is 1.43. The second kappa shape index (κ2) is 2.47. The second-order valence-electron chi connectivity index (χ2n) is 6.38. The first-order valence-electron chi connectivity index (χ1n) is 6.47. The third kappa shape index (κ3) is 0.692. The van der Waals surface area contributed by atoms with Crippen molar-refractivity contribution in [3.05, 3.63) is 29.8 Å². The Labute approximate surface area is 115 Å². The molecule has 0 heterocycles. The Bertz CT molecular complexity index is 683. The number of hydrogen-bond donors (Lipinski definition) is 0. The third-order valence-corrected chi connectivity index (χ3v) is 10.7. The largest absolute Gasteiger partial charge is 0.223 e. The van der Waals surface area contributed by atoms with E-state index >= 15 is 0 Å². The van der Waals surface area contributed by atoms with Crippen LogP contribution in [0.25, 0.3) is 0 Å². The van der Waals surface area contributed by atoms with E-state index in [1.54, 1.807) is 12.1 Å². The second-order valence-corrected chi connectivity index (χ2v) is 9.84. The number of halogens is 1. The van der Waals surface area contributed by atoms with Gasteiger partial charge in [0.25, 0.3) is 0 Å². The van der Waals surface area contributed by atoms with Gasteiger partial charge in [0, 0.05) is 0 Å². The molecule has 0 aromatic heterocycles. The molecule has 0 aliphatic heterocycles. The first-order valence-corrected chi connectivity index (χ1v) is 8.75. The van der Waals surface area contributed by atoms with Crippen LogP contribution in [0.2, 0.25) is 0 Å². The van der Waals surface area contributed by atoms with Crippen LogP contribution in [0.3, 0.4) is 0 Å². The lowest BCUT2D eigenvalue weighted by atomic mass is 10.00. The van der Waals surface area contributed by atoms with E-state index in [-0.39, 0.29) is 4.32 Å².